The summed E-state index contributed by atoms with van der Waals surface area (Å²) in [4.78, 5) is 56.1. The number of hydrogen-bond donors (Lipinski definition) is 4. The molecule has 8 unspecified atom stereocenters. The molecular weight excluding hydrogens is 1070 g/mol. The predicted octanol–water partition coefficient (Wildman–Crippen LogP) is 15.0. The molecule has 0 radical (unpaired) electrons. The highest BCUT2D eigenvalue weighted by Gasteiger charge is 2.51. The molecule has 0 aromatic carbocycles. The number of carbonyl (C=O) groups is 4. The first-order chi connectivity index (χ1) is 38.2. The van der Waals surface area contributed by atoms with E-state index in [2.05, 4.69) is 107 Å². The molecule has 0 heterocycles. The van der Waals surface area contributed by atoms with Gasteiger partial charge in [0.05, 0.1) is 0 Å². The third-order valence-electron chi connectivity index (χ3n) is 18.2. The highest BCUT2D eigenvalue weighted by atomic mass is 16.6. The van der Waals surface area contributed by atoms with E-state index in [-0.39, 0.29) is 71.0 Å². The van der Waals surface area contributed by atoms with Gasteiger partial charge < -0.3 is 39.4 Å². The smallest absolute Gasteiger partial charge is 0.305 e. The standard InChI is InChI=1S/C73H116O12/c1-61(2,3)53-41-49(33-37-70(53,78)65(13,14)15)25-29-57(74)82-45-69(46-83-58(75)30-26-50-34-38-71(79,66(16,17)18)54(42-50)62(4,5)6,47-84-59(76)31-27-51-35-39-72(80,67(19,20)21)55(43-51)63(7,8)9)48-85-60(77)32-28-52-36-40-73(81,68(22,23)24)56(44-52)64(10,11)12/h33-44,49-52,78-81H,25-32,45-48H2,1-24H3. The van der Waals surface area contributed by atoms with Crippen molar-refractivity contribution in [2.45, 2.75) is 240 Å². The maximum absolute atomic E-state index is 14.0. The van der Waals surface area contributed by atoms with Crippen LogP contribution in [-0.4, -0.2) is 93.1 Å². The zero-order valence-corrected chi connectivity index (χ0v) is 57.3. The molecule has 0 fully saturated rings. The number of aliphatic hydroxyl groups is 4. The number of rotatable bonds is 20. The van der Waals surface area contributed by atoms with Gasteiger partial charge in [0.1, 0.15) is 54.2 Å². The Hall–Kier alpha value is -4.36. The Labute approximate surface area is 514 Å². The molecule has 0 aromatic heterocycles. The monoisotopic (exact) mass is 1180 g/mol. The molecule has 8 atom stereocenters. The van der Waals surface area contributed by atoms with Gasteiger partial charge in [-0.25, -0.2) is 0 Å². The van der Waals surface area contributed by atoms with Crippen LogP contribution in [0.15, 0.2) is 95.2 Å². The molecule has 480 valence electrons. The zero-order chi connectivity index (χ0) is 65.2. The third kappa shape index (κ3) is 17.9. The first kappa shape index (κ1) is 73.1. The van der Waals surface area contributed by atoms with Crippen molar-refractivity contribution in [1.82, 2.24) is 0 Å². The van der Waals surface area contributed by atoms with Gasteiger partial charge in [0.15, 0.2) is 0 Å². The second-order valence-electron chi connectivity index (χ2n) is 33.8. The van der Waals surface area contributed by atoms with Gasteiger partial charge in [-0.2, -0.15) is 0 Å². The van der Waals surface area contributed by atoms with Gasteiger partial charge in [0, 0.05) is 25.7 Å². The minimum atomic E-state index is -1.54. The number of esters is 4. The summed E-state index contributed by atoms with van der Waals surface area (Å²) in [5.74, 6) is -2.98. The molecule has 4 N–H and O–H groups in total. The van der Waals surface area contributed by atoms with Gasteiger partial charge in [0.25, 0.3) is 0 Å². The first-order valence-corrected chi connectivity index (χ1v) is 31.5. The number of hydrogen-bond acceptors (Lipinski definition) is 12. The fourth-order valence-corrected chi connectivity index (χ4v) is 12.2. The summed E-state index contributed by atoms with van der Waals surface area (Å²) < 4.78 is 24.4. The normalized spacial score (nSPS) is 27.7. The maximum Gasteiger partial charge on any atom is 0.305 e. The Morgan fingerprint density at radius 2 is 0.494 bits per heavy atom. The van der Waals surface area contributed by atoms with E-state index < -0.39 is 99.8 Å². The molecule has 12 nitrogen and oxygen atoms in total. The van der Waals surface area contributed by atoms with Crippen molar-refractivity contribution in [3.05, 3.63) is 95.2 Å². The van der Waals surface area contributed by atoms with Crippen molar-refractivity contribution >= 4 is 23.9 Å². The number of allylic oxidation sites excluding steroid dienone is 8. The molecule has 0 aliphatic heterocycles. The van der Waals surface area contributed by atoms with Gasteiger partial charge in [-0.05, 0) is 115 Å². The summed E-state index contributed by atoms with van der Waals surface area (Å²) in [5.41, 5.74) is -6.36. The Bertz CT molecular complexity index is 2280. The lowest BCUT2D eigenvalue weighted by atomic mass is 9.62. The van der Waals surface area contributed by atoms with Crippen LogP contribution in [0.3, 0.4) is 0 Å². The Morgan fingerprint density at radius 3 is 0.635 bits per heavy atom. The van der Waals surface area contributed by atoms with E-state index in [1.165, 1.54) is 0 Å². The van der Waals surface area contributed by atoms with Crippen LogP contribution in [0.4, 0.5) is 0 Å². The second kappa shape index (κ2) is 26.0. The van der Waals surface area contributed by atoms with E-state index in [9.17, 15) is 39.6 Å². The Morgan fingerprint density at radius 1 is 0.329 bits per heavy atom. The lowest BCUT2D eigenvalue weighted by Gasteiger charge is -2.47. The van der Waals surface area contributed by atoms with Crippen molar-refractivity contribution in [2.75, 3.05) is 26.4 Å². The summed E-state index contributed by atoms with van der Waals surface area (Å²) in [6, 6.07) is 0. The summed E-state index contributed by atoms with van der Waals surface area (Å²) in [5, 5.41) is 48.0. The zero-order valence-electron chi connectivity index (χ0n) is 57.3. The van der Waals surface area contributed by atoms with Gasteiger partial charge >= 0.3 is 23.9 Å². The molecule has 0 amide bonds. The minimum absolute atomic E-state index is 0.0116. The number of ether oxygens (including phenoxy) is 4. The number of carbonyl (C=O) groups excluding carboxylic acids is 4. The van der Waals surface area contributed by atoms with Gasteiger partial charge in [-0.1, -0.05) is 239 Å². The average molecular weight is 1190 g/mol. The van der Waals surface area contributed by atoms with E-state index >= 15 is 0 Å². The van der Waals surface area contributed by atoms with Crippen LogP contribution >= 0.6 is 0 Å². The van der Waals surface area contributed by atoms with Gasteiger partial charge in [-0.3, -0.25) is 19.2 Å². The van der Waals surface area contributed by atoms with E-state index in [4.69, 9.17) is 18.9 Å². The van der Waals surface area contributed by atoms with Crippen LogP contribution in [0, 0.1) is 72.4 Å². The van der Waals surface area contributed by atoms with E-state index in [0.29, 0.717) is 25.7 Å². The quantitative estimate of drug-likeness (QED) is 0.0514. The molecule has 4 rings (SSSR count). The SMILES string of the molecule is CC(C)(C)C1=CC(CCC(=O)OCC(COC(=O)CCC2C=CC(O)(C(C)(C)C)C(C(C)(C)C)=C2)(COC(=O)CCC2C=CC(O)(C(C)(C)C)C(C(C)(C)C)=C2)COC(=O)CCC2C=CC(O)(C(C)(C)C)C(C(C)(C)C)=C2)C=CC1(O)C(C)(C)C. The molecule has 4 aliphatic carbocycles. The molecule has 0 saturated carbocycles. The van der Waals surface area contributed by atoms with Crippen LogP contribution in [0.1, 0.15) is 218 Å². The van der Waals surface area contributed by atoms with Crippen molar-refractivity contribution < 1.29 is 58.6 Å². The van der Waals surface area contributed by atoms with Crippen LogP contribution in [0.2, 0.25) is 0 Å². The third-order valence-corrected chi connectivity index (χ3v) is 18.2. The summed E-state index contributed by atoms with van der Waals surface area (Å²) in [6.07, 6.45) is 24.8. The maximum atomic E-state index is 14.0. The summed E-state index contributed by atoms with van der Waals surface area (Å²) in [7, 11) is 0. The average Bonchev–Trinajstić information content (AvgIpc) is 1.63. The largest absolute Gasteiger partial charge is 0.465 e. The molecule has 0 saturated heterocycles. The Kier molecular flexibility index (Phi) is 22.4. The van der Waals surface area contributed by atoms with E-state index in [1.54, 1.807) is 0 Å². The van der Waals surface area contributed by atoms with E-state index in [0.717, 1.165) is 22.3 Å². The van der Waals surface area contributed by atoms with Crippen LogP contribution in [0.25, 0.3) is 0 Å². The Balaban J connectivity index is 1.68. The molecule has 0 aromatic rings. The van der Waals surface area contributed by atoms with Crippen molar-refractivity contribution in [2.24, 2.45) is 72.4 Å². The van der Waals surface area contributed by atoms with Crippen molar-refractivity contribution in [1.29, 1.82) is 0 Å². The second-order valence-corrected chi connectivity index (χ2v) is 33.8. The predicted molar refractivity (Wildman–Crippen MR) is 341 cm³/mol. The van der Waals surface area contributed by atoms with Gasteiger partial charge in [0.2, 0.25) is 0 Å². The first-order valence-electron chi connectivity index (χ1n) is 31.5. The molecule has 4 aliphatic rings. The summed E-state index contributed by atoms with van der Waals surface area (Å²) in [6.45, 7) is 47.0. The highest BCUT2D eigenvalue weighted by Crippen LogP contribution is 2.52. The van der Waals surface area contributed by atoms with Crippen LogP contribution in [0.5, 0.6) is 0 Å². The van der Waals surface area contributed by atoms with Crippen LogP contribution in [-0.2, 0) is 38.1 Å². The lowest BCUT2D eigenvalue weighted by molar-refractivity contribution is -0.171. The lowest BCUT2D eigenvalue weighted by Crippen LogP contribution is -2.48. The topological polar surface area (TPSA) is 186 Å². The van der Waals surface area contributed by atoms with E-state index in [1.807, 2.05) is 132 Å². The molecule has 85 heavy (non-hydrogen) atoms. The molecule has 0 bridgehead atoms. The molecular formula is C73H116O12. The molecule has 0 spiro atoms. The molecule has 12 heteroatoms. The van der Waals surface area contributed by atoms with Crippen LogP contribution < -0.4 is 0 Å². The minimum Gasteiger partial charge on any atom is -0.465 e. The van der Waals surface area contributed by atoms with Gasteiger partial charge in [-0.15, -0.1) is 0 Å². The fourth-order valence-electron chi connectivity index (χ4n) is 12.2. The fraction of sp³-hybridized carbons (Fsp3) is 0.726. The summed E-state index contributed by atoms with van der Waals surface area (Å²) >= 11 is 0. The highest BCUT2D eigenvalue weighted by molar-refractivity contribution is 5.71. The van der Waals surface area contributed by atoms with Crippen molar-refractivity contribution in [3.8, 4) is 0 Å². The van der Waals surface area contributed by atoms with Crippen molar-refractivity contribution in [3.63, 3.8) is 0 Å².